The van der Waals surface area contributed by atoms with Crippen LogP contribution in [0.1, 0.15) is 51.9 Å². The molecule has 0 heterocycles. The first-order valence-corrected chi connectivity index (χ1v) is 6.95. The van der Waals surface area contributed by atoms with Crippen LogP contribution in [0, 0.1) is 0 Å². The molecule has 2 N–H and O–H groups in total. The van der Waals surface area contributed by atoms with Gasteiger partial charge < -0.3 is 5.32 Å². The first-order chi connectivity index (χ1) is 8.24. The van der Waals surface area contributed by atoms with Gasteiger partial charge in [0.2, 0.25) is 0 Å². The maximum absolute atomic E-state index is 5.25. The molecule has 0 bridgehead atoms. The lowest BCUT2D eigenvalue weighted by Gasteiger charge is -2.23. The molecule has 3 nitrogen and oxygen atoms in total. The van der Waals surface area contributed by atoms with Crippen LogP contribution < -0.4 is 10.7 Å². The van der Waals surface area contributed by atoms with E-state index in [2.05, 4.69) is 28.8 Å². The van der Waals surface area contributed by atoms with E-state index < -0.39 is 0 Å². The van der Waals surface area contributed by atoms with Crippen LogP contribution in [0.4, 0.5) is 0 Å². The van der Waals surface area contributed by atoms with E-state index in [4.69, 9.17) is 12.2 Å². The minimum absolute atomic E-state index is 0.546. The lowest BCUT2D eigenvalue weighted by Crippen LogP contribution is -2.41. The van der Waals surface area contributed by atoms with Gasteiger partial charge in [0, 0.05) is 6.04 Å². The van der Waals surface area contributed by atoms with E-state index >= 15 is 0 Å². The monoisotopic (exact) mass is 251 g/mol. The Morgan fingerprint density at radius 1 is 1.29 bits per heavy atom. The van der Waals surface area contributed by atoms with Crippen LogP contribution in [-0.2, 0) is 0 Å². The molecule has 0 aromatic rings. The van der Waals surface area contributed by atoms with Gasteiger partial charge in [-0.3, -0.25) is 5.43 Å². The molecule has 0 aliphatic heterocycles. The van der Waals surface area contributed by atoms with E-state index in [1.807, 2.05) is 0 Å². The predicted molar refractivity (Wildman–Crippen MR) is 76.2 cm³/mol. The highest BCUT2D eigenvalue weighted by atomic mass is 32.1. The summed E-state index contributed by atoms with van der Waals surface area (Å²) in [7, 11) is 0. The summed E-state index contributed by atoms with van der Waals surface area (Å²) in [5, 5.41) is 8.34. The molecule has 2 rings (SSSR count). The maximum atomic E-state index is 5.25. The summed E-state index contributed by atoms with van der Waals surface area (Å²) >= 11 is 5.25. The summed E-state index contributed by atoms with van der Waals surface area (Å²) in [4.78, 5) is 0. The standard InChI is InChI=1S/C13H21N3S/c1-10-7-8-12(9-10)15-16-13(17)14-11-5-3-2-4-6-11/h9,11H,2-8H2,1H3,(H2,14,16,17). The van der Waals surface area contributed by atoms with E-state index in [1.165, 1.54) is 37.7 Å². The Balaban J connectivity index is 1.73. The minimum Gasteiger partial charge on any atom is -0.359 e. The van der Waals surface area contributed by atoms with Crippen molar-refractivity contribution in [3.8, 4) is 0 Å². The second-order valence-corrected chi connectivity index (χ2v) is 5.42. The number of nitrogens with one attached hydrogen (secondary N) is 2. The van der Waals surface area contributed by atoms with Crippen molar-refractivity contribution in [2.75, 3.05) is 0 Å². The highest BCUT2D eigenvalue weighted by molar-refractivity contribution is 7.80. The molecule has 0 spiro atoms. The summed E-state index contributed by atoms with van der Waals surface area (Å²) in [6.45, 7) is 2.14. The second kappa shape index (κ2) is 6.15. The van der Waals surface area contributed by atoms with Crippen LogP contribution in [0.15, 0.2) is 16.8 Å². The number of hydrazone groups is 1. The van der Waals surface area contributed by atoms with Crippen LogP contribution in [0.5, 0.6) is 0 Å². The van der Waals surface area contributed by atoms with Gasteiger partial charge >= 0.3 is 0 Å². The van der Waals surface area contributed by atoms with Gasteiger partial charge in [-0.2, -0.15) is 5.10 Å². The molecule has 0 aromatic carbocycles. The zero-order valence-corrected chi connectivity index (χ0v) is 11.3. The molecule has 1 saturated carbocycles. The fraction of sp³-hybridized carbons (Fsp3) is 0.692. The molecule has 2 aliphatic rings. The number of thiocarbonyl (C=S) groups is 1. The van der Waals surface area contributed by atoms with E-state index in [0.29, 0.717) is 11.2 Å². The summed E-state index contributed by atoms with van der Waals surface area (Å²) in [5.41, 5.74) is 5.46. The molecule has 2 aliphatic carbocycles. The molecule has 94 valence electrons. The molecule has 0 aromatic heterocycles. The van der Waals surface area contributed by atoms with Crippen LogP contribution in [0.25, 0.3) is 0 Å². The van der Waals surface area contributed by atoms with Gasteiger partial charge in [-0.1, -0.05) is 24.8 Å². The zero-order valence-electron chi connectivity index (χ0n) is 10.5. The number of nitrogens with zero attached hydrogens (tertiary/aromatic N) is 1. The number of hydrogen-bond donors (Lipinski definition) is 2. The van der Waals surface area contributed by atoms with Gasteiger partial charge in [-0.05, 0) is 50.9 Å². The molecule has 0 unspecified atom stereocenters. The van der Waals surface area contributed by atoms with E-state index in [1.54, 1.807) is 0 Å². The fourth-order valence-corrected chi connectivity index (χ4v) is 2.64. The third-order valence-electron chi connectivity index (χ3n) is 3.43. The van der Waals surface area contributed by atoms with Crippen molar-refractivity contribution in [3.05, 3.63) is 11.6 Å². The van der Waals surface area contributed by atoms with Crippen molar-refractivity contribution < 1.29 is 0 Å². The van der Waals surface area contributed by atoms with Gasteiger partial charge in [0.1, 0.15) is 0 Å². The Morgan fingerprint density at radius 2 is 2.06 bits per heavy atom. The predicted octanol–water partition coefficient (Wildman–Crippen LogP) is 2.88. The molecule has 0 radical (unpaired) electrons. The summed E-state index contributed by atoms with van der Waals surface area (Å²) in [6, 6.07) is 0.546. The third-order valence-corrected chi connectivity index (χ3v) is 3.64. The molecule has 1 fully saturated rings. The molecular weight excluding hydrogens is 230 g/mol. The van der Waals surface area contributed by atoms with E-state index in [-0.39, 0.29) is 0 Å². The Kier molecular flexibility index (Phi) is 4.54. The molecular formula is C13H21N3S. The maximum Gasteiger partial charge on any atom is 0.187 e. The van der Waals surface area contributed by atoms with Gasteiger partial charge in [0.05, 0.1) is 5.71 Å². The van der Waals surface area contributed by atoms with Crippen LogP contribution in [-0.4, -0.2) is 16.9 Å². The van der Waals surface area contributed by atoms with Gasteiger partial charge in [-0.25, -0.2) is 0 Å². The molecule has 0 amide bonds. The van der Waals surface area contributed by atoms with Crippen molar-refractivity contribution in [1.82, 2.24) is 10.7 Å². The Bertz CT molecular complexity index is 341. The molecule has 0 atom stereocenters. The van der Waals surface area contributed by atoms with Gasteiger partial charge in [0.15, 0.2) is 5.11 Å². The van der Waals surface area contributed by atoms with Crippen molar-refractivity contribution >= 4 is 23.0 Å². The van der Waals surface area contributed by atoms with Crippen LogP contribution in [0.2, 0.25) is 0 Å². The Morgan fingerprint density at radius 3 is 2.71 bits per heavy atom. The first-order valence-electron chi connectivity index (χ1n) is 6.54. The molecule has 17 heavy (non-hydrogen) atoms. The second-order valence-electron chi connectivity index (χ2n) is 5.01. The van der Waals surface area contributed by atoms with Crippen molar-refractivity contribution in [3.63, 3.8) is 0 Å². The minimum atomic E-state index is 0.546. The summed E-state index contributed by atoms with van der Waals surface area (Å²) in [5.74, 6) is 0. The van der Waals surface area contributed by atoms with Crippen LogP contribution in [0.3, 0.4) is 0 Å². The van der Waals surface area contributed by atoms with E-state index in [0.717, 1.165) is 18.6 Å². The SMILES string of the molecule is CC1=CC(=NNC(=S)NC2CCCCC2)CC1. The third kappa shape index (κ3) is 4.11. The molecule has 0 saturated heterocycles. The lowest BCUT2D eigenvalue weighted by molar-refractivity contribution is 0.412. The number of allylic oxidation sites excluding steroid dienone is 2. The molecule has 4 heteroatoms. The van der Waals surface area contributed by atoms with E-state index in [9.17, 15) is 0 Å². The topological polar surface area (TPSA) is 36.4 Å². The van der Waals surface area contributed by atoms with Crippen molar-refractivity contribution in [2.45, 2.75) is 57.9 Å². The quantitative estimate of drug-likeness (QED) is 0.585. The number of hydrogen-bond acceptors (Lipinski definition) is 2. The normalized spacial score (nSPS) is 23.6. The Labute approximate surface area is 109 Å². The lowest BCUT2D eigenvalue weighted by atomic mass is 9.96. The first kappa shape index (κ1) is 12.6. The largest absolute Gasteiger partial charge is 0.359 e. The number of rotatable bonds is 2. The van der Waals surface area contributed by atoms with Gasteiger partial charge in [-0.15, -0.1) is 0 Å². The fourth-order valence-electron chi connectivity index (χ4n) is 2.43. The zero-order chi connectivity index (χ0) is 12.1. The van der Waals surface area contributed by atoms with Gasteiger partial charge in [0.25, 0.3) is 0 Å². The van der Waals surface area contributed by atoms with Crippen molar-refractivity contribution in [2.24, 2.45) is 5.10 Å². The average molecular weight is 251 g/mol. The highest BCUT2D eigenvalue weighted by Crippen LogP contribution is 2.17. The van der Waals surface area contributed by atoms with Crippen molar-refractivity contribution in [1.29, 1.82) is 0 Å². The summed E-state index contributed by atoms with van der Waals surface area (Å²) < 4.78 is 0. The summed E-state index contributed by atoms with van der Waals surface area (Å²) in [6.07, 6.45) is 10.8. The average Bonchev–Trinajstić information content (AvgIpc) is 2.74. The Hall–Kier alpha value is -0.900. The highest BCUT2D eigenvalue weighted by Gasteiger charge is 2.13. The van der Waals surface area contributed by atoms with Crippen LogP contribution >= 0.6 is 12.2 Å². The smallest absolute Gasteiger partial charge is 0.187 e.